The van der Waals surface area contributed by atoms with Crippen LogP contribution in [0.25, 0.3) is 11.5 Å². The van der Waals surface area contributed by atoms with Crippen LogP contribution >= 0.6 is 0 Å². The second kappa shape index (κ2) is 4.14. The lowest BCUT2D eigenvalue weighted by Gasteiger charge is -2.18. The average Bonchev–Trinajstić information content (AvgIpc) is 2.84. The largest absolute Gasteiger partial charge is 0.461 e. The summed E-state index contributed by atoms with van der Waals surface area (Å²) < 4.78 is 15.9. The van der Waals surface area contributed by atoms with Gasteiger partial charge in [-0.1, -0.05) is 5.16 Å². The summed E-state index contributed by atoms with van der Waals surface area (Å²) in [6.07, 6.45) is 1.60. The van der Waals surface area contributed by atoms with Crippen molar-refractivity contribution in [1.29, 1.82) is 0 Å². The van der Waals surface area contributed by atoms with Crippen molar-refractivity contribution in [1.82, 2.24) is 5.16 Å². The third-order valence-electron chi connectivity index (χ3n) is 1.98. The lowest BCUT2D eigenvalue weighted by Crippen LogP contribution is -2.18. The van der Waals surface area contributed by atoms with E-state index in [4.69, 9.17) is 13.7 Å². The molecule has 0 fully saturated rings. The van der Waals surface area contributed by atoms with E-state index in [1.54, 1.807) is 6.26 Å². The van der Waals surface area contributed by atoms with Crippen LogP contribution in [0.3, 0.4) is 0 Å². The van der Waals surface area contributed by atoms with Gasteiger partial charge in [0.1, 0.15) is 5.69 Å². The molecule has 0 bridgehead atoms. The Morgan fingerprint density at radius 3 is 2.75 bits per heavy atom. The second-order valence-corrected chi connectivity index (χ2v) is 4.56. The van der Waals surface area contributed by atoms with Crippen LogP contribution in [0.5, 0.6) is 0 Å². The minimum absolute atomic E-state index is 0.177. The smallest absolute Gasteiger partial charge is 0.202 e. The van der Waals surface area contributed by atoms with Gasteiger partial charge < -0.3 is 13.7 Å². The third kappa shape index (κ3) is 2.73. The number of ether oxygens (including phenoxy) is 1. The summed E-state index contributed by atoms with van der Waals surface area (Å²) in [5.74, 6) is 1.30. The third-order valence-corrected chi connectivity index (χ3v) is 1.98. The van der Waals surface area contributed by atoms with Crippen LogP contribution < -0.4 is 0 Å². The van der Waals surface area contributed by atoms with E-state index in [0.29, 0.717) is 18.1 Å². The number of nitrogens with zero attached hydrogens (tertiary/aromatic N) is 1. The van der Waals surface area contributed by atoms with Crippen molar-refractivity contribution in [3.05, 3.63) is 30.2 Å². The molecule has 0 atom stereocenters. The molecule has 0 spiro atoms. The quantitative estimate of drug-likeness (QED) is 0.798. The number of hydrogen-bond donors (Lipinski definition) is 0. The summed E-state index contributed by atoms with van der Waals surface area (Å²) >= 11 is 0. The minimum Gasteiger partial charge on any atom is -0.461 e. The zero-order valence-corrected chi connectivity index (χ0v) is 9.69. The van der Waals surface area contributed by atoms with Gasteiger partial charge >= 0.3 is 0 Å². The Balaban J connectivity index is 2.03. The molecule has 2 aromatic rings. The van der Waals surface area contributed by atoms with Gasteiger partial charge in [0.25, 0.3) is 0 Å². The Kier molecular flexibility index (Phi) is 2.83. The normalized spacial score (nSPS) is 11.9. The first-order valence-corrected chi connectivity index (χ1v) is 5.18. The van der Waals surface area contributed by atoms with Crippen molar-refractivity contribution in [3.8, 4) is 11.5 Å². The summed E-state index contributed by atoms with van der Waals surface area (Å²) in [5.41, 5.74) is 0.588. The van der Waals surface area contributed by atoms with E-state index in [2.05, 4.69) is 5.16 Å². The van der Waals surface area contributed by atoms with E-state index in [1.807, 2.05) is 39.0 Å². The SMILES string of the molecule is CC(C)(C)OCc1cc(-c2ccco2)on1. The molecule has 2 rings (SSSR count). The van der Waals surface area contributed by atoms with Gasteiger partial charge in [-0.05, 0) is 32.9 Å². The summed E-state index contributed by atoms with van der Waals surface area (Å²) in [7, 11) is 0. The van der Waals surface area contributed by atoms with E-state index in [1.165, 1.54) is 0 Å². The van der Waals surface area contributed by atoms with Crippen molar-refractivity contribution < 1.29 is 13.7 Å². The summed E-state index contributed by atoms with van der Waals surface area (Å²) in [6.45, 7) is 6.44. The zero-order valence-electron chi connectivity index (χ0n) is 9.69. The Morgan fingerprint density at radius 2 is 2.12 bits per heavy atom. The molecule has 0 N–H and O–H groups in total. The average molecular weight is 221 g/mol. The fourth-order valence-corrected chi connectivity index (χ4v) is 1.21. The highest BCUT2D eigenvalue weighted by Crippen LogP contribution is 2.21. The molecule has 2 heterocycles. The highest BCUT2D eigenvalue weighted by atomic mass is 16.5. The van der Waals surface area contributed by atoms with Gasteiger partial charge in [-0.15, -0.1) is 0 Å². The van der Waals surface area contributed by atoms with Crippen LogP contribution in [0.2, 0.25) is 0 Å². The maximum absolute atomic E-state index is 5.59. The van der Waals surface area contributed by atoms with Crippen LogP contribution in [0.4, 0.5) is 0 Å². The number of aromatic nitrogens is 1. The standard InChI is InChI=1S/C12H15NO3/c1-12(2,3)15-8-9-7-11(16-13-9)10-5-4-6-14-10/h4-7H,8H2,1-3H3. The van der Waals surface area contributed by atoms with E-state index in [0.717, 1.165) is 5.69 Å². The van der Waals surface area contributed by atoms with Gasteiger partial charge in [-0.25, -0.2) is 0 Å². The number of rotatable bonds is 3. The first kappa shape index (κ1) is 11.0. The molecule has 0 aliphatic heterocycles. The molecule has 4 heteroatoms. The van der Waals surface area contributed by atoms with E-state index >= 15 is 0 Å². The van der Waals surface area contributed by atoms with Crippen LogP contribution in [-0.4, -0.2) is 10.8 Å². The van der Waals surface area contributed by atoms with Crippen LogP contribution in [0, 0.1) is 0 Å². The van der Waals surface area contributed by atoms with Crippen LogP contribution in [-0.2, 0) is 11.3 Å². The molecule has 0 aliphatic rings. The van der Waals surface area contributed by atoms with Gasteiger partial charge in [-0.3, -0.25) is 0 Å². The first-order valence-electron chi connectivity index (χ1n) is 5.18. The molecule has 0 aliphatic carbocycles. The van der Waals surface area contributed by atoms with Crippen LogP contribution in [0.1, 0.15) is 26.5 Å². The summed E-state index contributed by atoms with van der Waals surface area (Å²) in [5, 5.41) is 3.92. The fraction of sp³-hybridized carbons (Fsp3) is 0.417. The predicted octanol–water partition coefficient (Wildman–Crippen LogP) is 3.25. The molecule has 0 unspecified atom stereocenters. The van der Waals surface area contributed by atoms with Crippen molar-refractivity contribution in [2.75, 3.05) is 0 Å². The lowest BCUT2D eigenvalue weighted by molar-refractivity contribution is -0.0173. The lowest BCUT2D eigenvalue weighted by atomic mass is 10.2. The molecule has 4 nitrogen and oxygen atoms in total. The Hall–Kier alpha value is -1.55. The van der Waals surface area contributed by atoms with Crippen molar-refractivity contribution in [2.45, 2.75) is 33.0 Å². The maximum atomic E-state index is 5.59. The monoisotopic (exact) mass is 221 g/mol. The summed E-state index contributed by atoms with van der Waals surface area (Å²) in [6, 6.07) is 5.46. The first-order chi connectivity index (χ1) is 7.54. The van der Waals surface area contributed by atoms with E-state index in [9.17, 15) is 0 Å². The van der Waals surface area contributed by atoms with Gasteiger partial charge in [0.15, 0.2) is 5.76 Å². The Labute approximate surface area is 94.2 Å². The topological polar surface area (TPSA) is 48.4 Å². The molecule has 2 aromatic heterocycles. The predicted molar refractivity (Wildman–Crippen MR) is 58.7 cm³/mol. The van der Waals surface area contributed by atoms with Crippen molar-refractivity contribution in [3.63, 3.8) is 0 Å². The van der Waals surface area contributed by atoms with E-state index in [-0.39, 0.29) is 5.60 Å². The second-order valence-electron chi connectivity index (χ2n) is 4.56. The number of hydrogen-bond acceptors (Lipinski definition) is 4. The highest BCUT2D eigenvalue weighted by molar-refractivity contribution is 5.49. The number of furan rings is 1. The van der Waals surface area contributed by atoms with Crippen molar-refractivity contribution in [2.24, 2.45) is 0 Å². The minimum atomic E-state index is -0.177. The molecule has 0 aromatic carbocycles. The Morgan fingerprint density at radius 1 is 1.31 bits per heavy atom. The molecule has 0 amide bonds. The molecule has 16 heavy (non-hydrogen) atoms. The molecule has 0 saturated heterocycles. The van der Waals surface area contributed by atoms with Gasteiger partial charge in [0, 0.05) is 6.07 Å². The van der Waals surface area contributed by atoms with Crippen LogP contribution in [0.15, 0.2) is 33.4 Å². The van der Waals surface area contributed by atoms with Gasteiger partial charge in [0.2, 0.25) is 5.76 Å². The molecule has 0 radical (unpaired) electrons. The maximum Gasteiger partial charge on any atom is 0.202 e. The van der Waals surface area contributed by atoms with Gasteiger partial charge in [-0.2, -0.15) is 0 Å². The van der Waals surface area contributed by atoms with E-state index < -0.39 is 0 Å². The molecular formula is C12H15NO3. The molecule has 0 saturated carbocycles. The highest BCUT2D eigenvalue weighted by Gasteiger charge is 2.13. The Bertz CT molecular complexity index is 437. The molecular weight excluding hydrogens is 206 g/mol. The fourth-order valence-electron chi connectivity index (χ4n) is 1.21. The van der Waals surface area contributed by atoms with Gasteiger partial charge in [0.05, 0.1) is 18.5 Å². The zero-order chi connectivity index (χ0) is 11.6. The molecule has 86 valence electrons. The van der Waals surface area contributed by atoms with Crippen molar-refractivity contribution >= 4 is 0 Å². The summed E-state index contributed by atoms with van der Waals surface area (Å²) in [4.78, 5) is 0.